The molecule has 1 aromatic rings. The van der Waals surface area contributed by atoms with E-state index in [9.17, 15) is 9.90 Å². The van der Waals surface area contributed by atoms with Crippen molar-refractivity contribution in [1.82, 2.24) is 14.9 Å². The van der Waals surface area contributed by atoms with Crippen molar-refractivity contribution in [1.29, 1.82) is 0 Å². The zero-order chi connectivity index (χ0) is 11.4. The summed E-state index contributed by atoms with van der Waals surface area (Å²) in [6.45, 7) is 2.57. The van der Waals surface area contributed by atoms with Crippen LogP contribution in [0.2, 0.25) is 0 Å². The standard InChI is InChI=1S/C9H14N3O2Se/c1-3-12(2)7(8(13)14)4-6-5-10-9(15)11-6/h5,7H,3-4H2,1-2H3,(H,10,11)(H,13,14)/p-1. The molecule has 15 heavy (non-hydrogen) atoms. The first-order chi connectivity index (χ1) is 7.04. The topological polar surface area (TPSA) is 72.0 Å². The summed E-state index contributed by atoms with van der Waals surface area (Å²) in [6, 6.07) is -0.616. The van der Waals surface area contributed by atoms with Crippen molar-refractivity contribution in [3.63, 3.8) is 0 Å². The second-order valence-electron chi connectivity index (χ2n) is 3.33. The van der Waals surface area contributed by atoms with Crippen molar-refractivity contribution in [2.24, 2.45) is 0 Å². The minimum absolute atomic E-state index is 0.376. The van der Waals surface area contributed by atoms with Crippen LogP contribution in [0.5, 0.6) is 0 Å². The SMILES string of the molecule is CCN(C)C(Cc1cnc([Se])[nH]1)C(=O)[O-]. The Hall–Kier alpha value is -0.841. The number of H-pyrrole nitrogens is 1. The van der Waals surface area contributed by atoms with Crippen LogP contribution in [0.3, 0.4) is 0 Å². The van der Waals surface area contributed by atoms with Gasteiger partial charge in [0.1, 0.15) is 0 Å². The fourth-order valence-corrected chi connectivity index (χ4v) is 1.68. The van der Waals surface area contributed by atoms with Gasteiger partial charge in [-0.15, -0.1) is 0 Å². The van der Waals surface area contributed by atoms with Gasteiger partial charge in [0.05, 0.1) is 0 Å². The average Bonchev–Trinajstić information content (AvgIpc) is 2.59. The van der Waals surface area contributed by atoms with Gasteiger partial charge in [-0.05, 0) is 0 Å². The van der Waals surface area contributed by atoms with Gasteiger partial charge in [0.2, 0.25) is 0 Å². The number of imidazole rings is 1. The van der Waals surface area contributed by atoms with Crippen LogP contribution < -0.4 is 9.83 Å². The molecule has 1 radical (unpaired) electrons. The molecule has 1 unspecified atom stereocenters. The third-order valence-corrected chi connectivity index (χ3v) is 2.76. The first kappa shape index (κ1) is 12.2. The Balaban J connectivity index is 2.71. The molecule has 0 amide bonds. The van der Waals surface area contributed by atoms with Crippen LogP contribution in [-0.2, 0) is 11.2 Å². The molecule has 1 N–H and O–H groups in total. The number of aromatic amines is 1. The maximum absolute atomic E-state index is 10.9. The summed E-state index contributed by atoms with van der Waals surface area (Å²) in [6.07, 6.45) is 2.01. The normalized spacial score (nSPS) is 13.0. The van der Waals surface area contributed by atoms with Crippen LogP contribution in [0.4, 0.5) is 0 Å². The number of carboxylic acid groups (broad SMARTS) is 1. The maximum atomic E-state index is 10.9. The summed E-state index contributed by atoms with van der Waals surface area (Å²) < 4.78 is 0.668. The molecule has 0 aliphatic rings. The van der Waals surface area contributed by atoms with Gasteiger partial charge in [0.25, 0.3) is 0 Å². The van der Waals surface area contributed by atoms with Gasteiger partial charge in [-0.2, -0.15) is 0 Å². The molecular formula is C9H13N3O2Se-. The first-order valence-electron chi connectivity index (χ1n) is 4.66. The fourth-order valence-electron chi connectivity index (χ4n) is 1.29. The molecule has 1 aromatic heterocycles. The van der Waals surface area contributed by atoms with Crippen molar-refractivity contribution in [3.05, 3.63) is 11.9 Å². The molecule has 0 spiro atoms. The van der Waals surface area contributed by atoms with Gasteiger partial charge in [0, 0.05) is 0 Å². The quantitative estimate of drug-likeness (QED) is 0.619. The van der Waals surface area contributed by atoms with Crippen LogP contribution >= 0.6 is 0 Å². The molecule has 83 valence electrons. The van der Waals surface area contributed by atoms with Crippen molar-refractivity contribution in [2.45, 2.75) is 19.4 Å². The molecule has 6 heteroatoms. The molecule has 0 aromatic carbocycles. The van der Waals surface area contributed by atoms with E-state index in [1.165, 1.54) is 0 Å². The Labute approximate surface area is 96.7 Å². The van der Waals surface area contributed by atoms with Crippen LogP contribution in [-0.4, -0.2) is 56.5 Å². The predicted molar refractivity (Wildman–Crippen MR) is 54.8 cm³/mol. The van der Waals surface area contributed by atoms with Crippen LogP contribution in [0.1, 0.15) is 12.6 Å². The zero-order valence-corrected chi connectivity index (χ0v) is 10.4. The summed E-state index contributed by atoms with van der Waals surface area (Å²) in [4.78, 5) is 19.6. The Bertz CT molecular complexity index is 340. The van der Waals surface area contributed by atoms with E-state index >= 15 is 0 Å². The summed E-state index contributed by atoms with van der Waals surface area (Å²) >= 11 is 2.72. The molecule has 5 nitrogen and oxygen atoms in total. The van der Waals surface area contributed by atoms with E-state index in [1.54, 1.807) is 18.1 Å². The van der Waals surface area contributed by atoms with Crippen molar-refractivity contribution >= 4 is 26.7 Å². The Morgan fingerprint density at radius 1 is 1.80 bits per heavy atom. The first-order valence-corrected chi connectivity index (χ1v) is 5.52. The zero-order valence-electron chi connectivity index (χ0n) is 8.69. The van der Waals surface area contributed by atoms with Gasteiger partial charge >= 0.3 is 96.3 Å². The summed E-state index contributed by atoms with van der Waals surface area (Å²) in [5.41, 5.74) is 0.790. The molecular weight excluding hydrogens is 261 g/mol. The molecule has 0 saturated heterocycles. The predicted octanol–water partition coefficient (Wildman–Crippen LogP) is -2.18. The molecule has 0 saturated carbocycles. The molecule has 0 aliphatic carbocycles. The van der Waals surface area contributed by atoms with Gasteiger partial charge in [-0.1, -0.05) is 0 Å². The third-order valence-electron chi connectivity index (χ3n) is 2.32. The van der Waals surface area contributed by atoms with Crippen LogP contribution in [0.15, 0.2) is 6.20 Å². The fraction of sp³-hybridized carbons (Fsp3) is 0.556. The van der Waals surface area contributed by atoms with Gasteiger partial charge in [-0.3, -0.25) is 0 Å². The number of likely N-dealkylation sites (N-methyl/N-ethyl adjacent to an activating group) is 1. The third kappa shape index (κ3) is 3.34. The summed E-state index contributed by atoms with van der Waals surface area (Å²) in [5.74, 6) is -1.06. The number of nitrogens with one attached hydrogen (secondary N) is 1. The molecule has 1 atom stereocenters. The van der Waals surface area contributed by atoms with E-state index in [0.29, 0.717) is 17.7 Å². The minimum atomic E-state index is -1.06. The number of carboxylic acids is 1. The number of aromatic nitrogens is 2. The summed E-state index contributed by atoms with van der Waals surface area (Å²) in [5, 5.41) is 10.9. The number of hydrogen-bond donors (Lipinski definition) is 1. The number of nitrogens with zero attached hydrogens (tertiary/aromatic N) is 2. The van der Waals surface area contributed by atoms with Crippen molar-refractivity contribution < 1.29 is 9.90 Å². The number of rotatable bonds is 5. The van der Waals surface area contributed by atoms with Crippen LogP contribution in [0, 0.1) is 0 Å². The number of aliphatic carboxylic acids is 1. The number of hydrogen-bond acceptors (Lipinski definition) is 4. The molecule has 1 heterocycles. The van der Waals surface area contributed by atoms with Crippen molar-refractivity contribution in [3.8, 4) is 0 Å². The summed E-state index contributed by atoms with van der Waals surface area (Å²) in [7, 11) is 1.76. The number of carbonyl (C=O) groups excluding carboxylic acids is 1. The van der Waals surface area contributed by atoms with Crippen molar-refractivity contribution in [2.75, 3.05) is 13.6 Å². The molecule has 0 aliphatic heterocycles. The Kier molecular flexibility index (Phi) is 4.32. The second kappa shape index (κ2) is 5.30. The van der Waals surface area contributed by atoms with E-state index in [0.717, 1.165) is 5.69 Å². The Morgan fingerprint density at radius 2 is 2.47 bits per heavy atom. The van der Waals surface area contributed by atoms with E-state index in [4.69, 9.17) is 0 Å². The van der Waals surface area contributed by atoms with Gasteiger partial charge in [-0.25, -0.2) is 0 Å². The number of carbonyl (C=O) groups is 1. The van der Waals surface area contributed by atoms with E-state index in [2.05, 4.69) is 26.0 Å². The Morgan fingerprint density at radius 3 is 2.87 bits per heavy atom. The molecule has 1 rings (SSSR count). The molecule has 0 bridgehead atoms. The average molecular weight is 274 g/mol. The second-order valence-corrected chi connectivity index (χ2v) is 4.14. The molecule has 0 fully saturated rings. The monoisotopic (exact) mass is 275 g/mol. The van der Waals surface area contributed by atoms with Gasteiger partial charge in [0.15, 0.2) is 0 Å². The van der Waals surface area contributed by atoms with E-state index in [-0.39, 0.29) is 0 Å². The van der Waals surface area contributed by atoms with Gasteiger partial charge < -0.3 is 0 Å². The van der Waals surface area contributed by atoms with Crippen LogP contribution in [0.25, 0.3) is 0 Å². The van der Waals surface area contributed by atoms with E-state index < -0.39 is 12.0 Å². The van der Waals surface area contributed by atoms with E-state index in [1.807, 2.05) is 6.92 Å².